The predicted octanol–water partition coefficient (Wildman–Crippen LogP) is -5.39. The third kappa shape index (κ3) is 502. The minimum atomic E-state index is -4.64. The van der Waals surface area contributed by atoms with Gasteiger partial charge in [-0.2, -0.15) is 0 Å². The summed E-state index contributed by atoms with van der Waals surface area (Å²) in [6, 6.07) is -0.833. The van der Waals surface area contributed by atoms with Gasteiger partial charge in [-0.1, -0.05) is 0 Å². The summed E-state index contributed by atoms with van der Waals surface area (Å²) < 4.78 is 8.88. The number of hydrogen-bond acceptors (Lipinski definition) is 5. The number of nitrogens with one attached hydrogen (secondary N) is 3. The van der Waals surface area contributed by atoms with E-state index in [9.17, 15) is 0 Å². The third-order valence-electron chi connectivity index (χ3n) is 0. The summed E-state index contributed by atoms with van der Waals surface area (Å²) in [6.07, 6.45) is 0. The van der Waals surface area contributed by atoms with Gasteiger partial charge in [-0.25, -0.2) is 9.36 Å². The maximum atomic E-state index is 9.00. The average Bonchev–Trinajstić information content (AvgIpc) is 1.91. The highest BCUT2D eigenvalue weighted by atomic mass is 31.2. The molecule has 0 aliphatic rings. The lowest BCUT2D eigenvalue weighted by atomic mass is 11.1. The highest BCUT2D eigenvalue weighted by molar-refractivity contribution is 7.45. The zero-order chi connectivity index (χ0) is 18.8. The molecule has 0 aromatic rings. The predicted molar refractivity (Wildman–Crippen MR) is 76.3 cm³/mol. The number of carbonyl (C=O) groups is 1. The van der Waals surface area contributed by atoms with Crippen LogP contribution in [0.4, 0.5) is 4.79 Å². The van der Waals surface area contributed by atoms with Crippen molar-refractivity contribution < 1.29 is 24.0 Å². The molecule has 0 heterocycles. The van der Waals surface area contributed by atoms with Crippen molar-refractivity contribution in [3.8, 4) is 0 Å². The Labute approximate surface area is 119 Å². The molecule has 0 saturated heterocycles. The van der Waals surface area contributed by atoms with Crippen molar-refractivity contribution in [3.05, 3.63) is 0 Å². The van der Waals surface area contributed by atoms with Crippen LogP contribution in [0.1, 0.15) is 0 Å². The fourth-order valence-electron chi connectivity index (χ4n) is 0. The Kier molecular flexibility index (Phi) is 28.7. The molecule has 0 rings (SSSR count). The fourth-order valence-corrected chi connectivity index (χ4v) is 0. The molecule has 128 valence electrons. The van der Waals surface area contributed by atoms with Crippen LogP contribution < -0.4 is 45.9 Å². The summed E-state index contributed by atoms with van der Waals surface area (Å²) in [6.45, 7) is 0. The number of phosphoric acid groups is 1. The molecule has 22 N–H and O–H groups in total. The standard InChI is InChI=1S/3CH5N3.CH4N2O.H3O4P/c4*2-1(3)4;1-5(2,3)4/h3*(H5,2,3,4);(H4,2,3,4);(H3,1,2,3,4). The second kappa shape index (κ2) is 19.5. The van der Waals surface area contributed by atoms with Gasteiger partial charge >= 0.3 is 13.9 Å². The first-order valence-corrected chi connectivity index (χ1v) is 5.61. The summed E-state index contributed by atoms with van der Waals surface area (Å²) in [4.78, 5) is 30.6. The number of rotatable bonds is 0. The lowest BCUT2D eigenvalue weighted by Crippen LogP contribution is -2.20. The molecule has 0 fully saturated rings. The van der Waals surface area contributed by atoms with Crippen molar-refractivity contribution >= 4 is 31.7 Å². The van der Waals surface area contributed by atoms with E-state index in [0.29, 0.717) is 0 Å². The Morgan fingerprint density at radius 3 is 0.667 bits per heavy atom. The van der Waals surface area contributed by atoms with E-state index in [2.05, 4.69) is 45.9 Å². The van der Waals surface area contributed by atoms with Crippen molar-refractivity contribution in [2.24, 2.45) is 45.9 Å². The number of urea groups is 1. The van der Waals surface area contributed by atoms with Gasteiger partial charge in [-0.3, -0.25) is 16.2 Å². The topological polar surface area (TPSA) is 375 Å². The molecule has 21 heavy (non-hydrogen) atoms. The van der Waals surface area contributed by atoms with Gasteiger partial charge in [0.25, 0.3) is 0 Å². The molecule has 0 bridgehead atoms. The Hall–Kier alpha value is -2.81. The molecule has 0 aliphatic heterocycles. The lowest BCUT2D eigenvalue weighted by Gasteiger charge is -1.82. The number of nitrogens with two attached hydrogens (primary N) is 8. The van der Waals surface area contributed by atoms with E-state index >= 15 is 0 Å². The molecule has 0 saturated carbocycles. The number of hydrogen-bond donors (Lipinski definition) is 14. The van der Waals surface area contributed by atoms with E-state index in [1.807, 2.05) is 0 Å². The van der Waals surface area contributed by atoms with Crippen LogP contribution in [-0.2, 0) is 4.57 Å². The summed E-state index contributed by atoms with van der Waals surface area (Å²) in [5.41, 5.74) is 35.3. The third-order valence-corrected chi connectivity index (χ3v) is 0. The molecule has 0 unspecified atom stereocenters. The highest BCUT2D eigenvalue weighted by Gasteiger charge is 2.00. The summed E-state index contributed by atoms with van der Waals surface area (Å²) in [7, 11) is -4.64. The second-order valence-electron chi connectivity index (χ2n) is 2.28. The van der Waals surface area contributed by atoms with Gasteiger partial charge in [0.15, 0.2) is 17.9 Å². The molecule has 0 aromatic carbocycles. The van der Waals surface area contributed by atoms with Crippen LogP contribution in [0.2, 0.25) is 0 Å². The maximum absolute atomic E-state index is 9.00. The SMILES string of the molecule is N=C(N)N.N=C(N)N.N=C(N)N.NC(N)=O.O=P(O)(O)O. The van der Waals surface area contributed by atoms with E-state index in [0.717, 1.165) is 0 Å². The summed E-state index contributed by atoms with van der Waals surface area (Å²) >= 11 is 0. The van der Waals surface area contributed by atoms with Gasteiger partial charge in [0.2, 0.25) is 0 Å². The van der Waals surface area contributed by atoms with Gasteiger partial charge < -0.3 is 60.5 Å². The molecule has 2 amide bonds. The van der Waals surface area contributed by atoms with E-state index in [1.165, 1.54) is 0 Å². The smallest absolute Gasteiger partial charge is 0.370 e. The molecule has 0 aliphatic carbocycles. The lowest BCUT2D eigenvalue weighted by molar-refractivity contribution is 0.256. The minimum absolute atomic E-state index is 0.333. The first-order chi connectivity index (χ1) is 8.93. The van der Waals surface area contributed by atoms with Crippen molar-refractivity contribution in [1.29, 1.82) is 16.2 Å². The van der Waals surface area contributed by atoms with Crippen molar-refractivity contribution in [2.45, 2.75) is 0 Å². The molecule has 0 atom stereocenters. The van der Waals surface area contributed by atoms with Crippen LogP contribution in [0, 0.1) is 16.2 Å². The summed E-state index contributed by atoms with van der Waals surface area (Å²) in [5, 5.41) is 18.2. The number of amides is 2. The Balaban J connectivity index is -0.0000000510. The fraction of sp³-hybridized carbons (Fsp3) is 0. The van der Waals surface area contributed by atoms with Gasteiger partial charge in [0, 0.05) is 0 Å². The maximum Gasteiger partial charge on any atom is 0.466 e. The number of primary amides is 2. The van der Waals surface area contributed by atoms with Crippen molar-refractivity contribution in [1.82, 2.24) is 0 Å². The Morgan fingerprint density at radius 1 is 0.667 bits per heavy atom. The monoisotopic (exact) mass is 335 g/mol. The van der Waals surface area contributed by atoms with E-state index in [-0.39, 0.29) is 17.9 Å². The van der Waals surface area contributed by atoms with Gasteiger partial charge in [0.1, 0.15) is 0 Å². The normalized spacial score (nSPS) is 7.38. The quantitative estimate of drug-likeness (QED) is 0.112. The minimum Gasteiger partial charge on any atom is -0.370 e. The number of carbonyl (C=O) groups excluding carboxylic acids is 1. The first-order valence-electron chi connectivity index (χ1n) is 4.05. The largest absolute Gasteiger partial charge is 0.466 e. The van der Waals surface area contributed by atoms with Crippen LogP contribution in [0.5, 0.6) is 0 Å². The van der Waals surface area contributed by atoms with Gasteiger partial charge in [0.05, 0.1) is 0 Å². The molecule has 0 aromatic heterocycles. The molecule has 0 spiro atoms. The zero-order valence-corrected chi connectivity index (χ0v) is 11.6. The second-order valence-corrected chi connectivity index (χ2v) is 3.31. The van der Waals surface area contributed by atoms with E-state index < -0.39 is 13.9 Å². The highest BCUT2D eigenvalue weighted by Crippen LogP contribution is 2.25. The zero-order valence-electron chi connectivity index (χ0n) is 10.7. The molecule has 16 nitrogen and oxygen atoms in total. The van der Waals surface area contributed by atoms with Crippen LogP contribution in [-0.4, -0.2) is 38.6 Å². The van der Waals surface area contributed by atoms with E-state index in [4.69, 9.17) is 40.3 Å². The molecule has 0 radical (unpaired) electrons. The number of guanidine groups is 3. The Bertz CT molecular complexity index is 280. The van der Waals surface area contributed by atoms with Crippen LogP contribution >= 0.6 is 7.82 Å². The van der Waals surface area contributed by atoms with Gasteiger partial charge in [-0.15, -0.1) is 0 Å². The van der Waals surface area contributed by atoms with Crippen molar-refractivity contribution in [2.75, 3.05) is 0 Å². The first kappa shape index (κ1) is 30.9. The molecule has 17 heteroatoms. The molecular formula is C4H22N11O5P. The van der Waals surface area contributed by atoms with Crippen LogP contribution in [0.3, 0.4) is 0 Å². The average molecular weight is 335 g/mol. The summed E-state index contributed by atoms with van der Waals surface area (Å²) in [5.74, 6) is -1.000. The van der Waals surface area contributed by atoms with Gasteiger partial charge in [-0.05, 0) is 0 Å². The van der Waals surface area contributed by atoms with E-state index in [1.54, 1.807) is 0 Å². The van der Waals surface area contributed by atoms with Crippen LogP contribution in [0.15, 0.2) is 0 Å². The Morgan fingerprint density at radius 2 is 0.667 bits per heavy atom. The van der Waals surface area contributed by atoms with Crippen molar-refractivity contribution in [3.63, 3.8) is 0 Å². The molecular weight excluding hydrogens is 313 g/mol. The van der Waals surface area contributed by atoms with Crippen LogP contribution in [0.25, 0.3) is 0 Å².